The SMILES string of the molecule is COC(=O)C1=CC[C@H]2CCCC(=O)[C@@]2(C)C1. The monoisotopic (exact) mass is 222 g/mol. The third-order valence-corrected chi connectivity index (χ3v) is 4.15. The number of esters is 1. The number of rotatable bonds is 1. The van der Waals surface area contributed by atoms with E-state index in [0.717, 1.165) is 19.3 Å². The van der Waals surface area contributed by atoms with Crippen LogP contribution in [0.3, 0.4) is 0 Å². The van der Waals surface area contributed by atoms with Gasteiger partial charge in [0.05, 0.1) is 7.11 Å². The first kappa shape index (κ1) is 11.4. The van der Waals surface area contributed by atoms with E-state index >= 15 is 0 Å². The second-order valence-electron chi connectivity index (χ2n) is 5.06. The van der Waals surface area contributed by atoms with Crippen LogP contribution in [-0.4, -0.2) is 18.9 Å². The van der Waals surface area contributed by atoms with Crippen molar-refractivity contribution in [2.24, 2.45) is 11.3 Å². The van der Waals surface area contributed by atoms with Crippen LogP contribution in [0.5, 0.6) is 0 Å². The highest BCUT2D eigenvalue weighted by Gasteiger charge is 2.45. The maximum Gasteiger partial charge on any atom is 0.333 e. The van der Waals surface area contributed by atoms with Gasteiger partial charge in [0.15, 0.2) is 0 Å². The third-order valence-electron chi connectivity index (χ3n) is 4.15. The van der Waals surface area contributed by atoms with Crippen LogP contribution < -0.4 is 0 Å². The average Bonchev–Trinajstić information content (AvgIpc) is 2.29. The number of methoxy groups -OCH3 is 1. The van der Waals surface area contributed by atoms with E-state index < -0.39 is 0 Å². The number of Topliss-reactive ketones (excluding diaryl/α,β-unsaturated/α-hetero) is 1. The molecule has 1 fully saturated rings. The summed E-state index contributed by atoms with van der Waals surface area (Å²) in [5.41, 5.74) is 0.354. The van der Waals surface area contributed by atoms with Crippen LogP contribution in [-0.2, 0) is 14.3 Å². The van der Waals surface area contributed by atoms with Crippen molar-refractivity contribution in [3.8, 4) is 0 Å². The highest BCUT2D eigenvalue weighted by Crippen LogP contribution is 2.47. The molecule has 3 heteroatoms. The molecule has 0 amide bonds. The first-order valence-electron chi connectivity index (χ1n) is 5.88. The lowest BCUT2D eigenvalue weighted by Crippen LogP contribution is -2.42. The molecule has 0 radical (unpaired) electrons. The van der Waals surface area contributed by atoms with Crippen molar-refractivity contribution in [1.82, 2.24) is 0 Å². The Hall–Kier alpha value is -1.12. The molecule has 2 aliphatic rings. The summed E-state index contributed by atoms with van der Waals surface area (Å²) in [4.78, 5) is 23.5. The van der Waals surface area contributed by atoms with Crippen LogP contribution in [0.4, 0.5) is 0 Å². The van der Waals surface area contributed by atoms with Gasteiger partial charge >= 0.3 is 5.97 Å². The Balaban J connectivity index is 2.24. The van der Waals surface area contributed by atoms with E-state index in [9.17, 15) is 9.59 Å². The zero-order chi connectivity index (χ0) is 11.8. The smallest absolute Gasteiger partial charge is 0.333 e. The Morgan fingerprint density at radius 1 is 1.56 bits per heavy atom. The van der Waals surface area contributed by atoms with Gasteiger partial charge in [-0.3, -0.25) is 4.79 Å². The minimum atomic E-state index is -0.323. The topological polar surface area (TPSA) is 43.4 Å². The van der Waals surface area contributed by atoms with Crippen molar-refractivity contribution >= 4 is 11.8 Å². The summed E-state index contributed by atoms with van der Waals surface area (Å²) in [5, 5.41) is 0. The Bertz CT molecular complexity index is 356. The number of ether oxygens (including phenoxy) is 1. The number of ketones is 1. The van der Waals surface area contributed by atoms with Crippen molar-refractivity contribution < 1.29 is 14.3 Å². The molecule has 2 aliphatic carbocycles. The fourth-order valence-corrected chi connectivity index (χ4v) is 3.00. The van der Waals surface area contributed by atoms with Gasteiger partial charge in [0.25, 0.3) is 0 Å². The van der Waals surface area contributed by atoms with Gasteiger partial charge in [-0.1, -0.05) is 13.0 Å². The minimum Gasteiger partial charge on any atom is -0.466 e. The van der Waals surface area contributed by atoms with E-state index in [4.69, 9.17) is 4.74 Å². The molecule has 0 aromatic rings. The molecule has 3 nitrogen and oxygen atoms in total. The molecular formula is C13H18O3. The number of hydrogen-bond donors (Lipinski definition) is 0. The zero-order valence-electron chi connectivity index (χ0n) is 9.91. The molecule has 1 saturated carbocycles. The summed E-state index contributed by atoms with van der Waals surface area (Å²) < 4.78 is 4.73. The largest absolute Gasteiger partial charge is 0.466 e. The maximum atomic E-state index is 12.0. The highest BCUT2D eigenvalue weighted by atomic mass is 16.5. The van der Waals surface area contributed by atoms with E-state index in [0.29, 0.717) is 30.1 Å². The molecule has 16 heavy (non-hydrogen) atoms. The van der Waals surface area contributed by atoms with Crippen molar-refractivity contribution in [2.45, 2.75) is 39.0 Å². The number of allylic oxidation sites excluding steroid dienone is 1. The predicted octanol–water partition coefficient (Wildman–Crippen LogP) is 2.26. The highest BCUT2D eigenvalue weighted by molar-refractivity contribution is 5.92. The van der Waals surface area contributed by atoms with E-state index in [2.05, 4.69) is 0 Å². The lowest BCUT2D eigenvalue weighted by atomic mass is 9.60. The predicted molar refractivity (Wildman–Crippen MR) is 59.8 cm³/mol. The Morgan fingerprint density at radius 2 is 2.31 bits per heavy atom. The van der Waals surface area contributed by atoms with Crippen molar-refractivity contribution in [3.05, 3.63) is 11.6 Å². The van der Waals surface area contributed by atoms with Gasteiger partial charge in [0.2, 0.25) is 0 Å². The van der Waals surface area contributed by atoms with Crippen LogP contribution in [0.15, 0.2) is 11.6 Å². The number of carbonyl (C=O) groups is 2. The summed E-state index contributed by atoms with van der Waals surface area (Å²) in [6.07, 6.45) is 6.13. The summed E-state index contributed by atoms with van der Waals surface area (Å²) >= 11 is 0. The van der Waals surface area contributed by atoms with E-state index in [1.807, 2.05) is 13.0 Å². The molecule has 0 aromatic carbocycles. The molecule has 0 N–H and O–H groups in total. The van der Waals surface area contributed by atoms with Gasteiger partial charge in [0, 0.05) is 17.4 Å². The quantitative estimate of drug-likeness (QED) is 0.639. The maximum absolute atomic E-state index is 12.0. The minimum absolute atomic E-state index is 0.280. The summed E-state index contributed by atoms with van der Waals surface area (Å²) in [6, 6.07) is 0. The molecule has 2 rings (SSSR count). The van der Waals surface area contributed by atoms with Crippen LogP contribution in [0.25, 0.3) is 0 Å². The summed E-state index contributed by atoms with van der Waals surface area (Å²) in [5.74, 6) is 0.457. The van der Waals surface area contributed by atoms with Crippen molar-refractivity contribution in [1.29, 1.82) is 0 Å². The number of carbonyl (C=O) groups excluding carboxylic acids is 2. The molecule has 88 valence electrons. The molecule has 0 heterocycles. The number of fused-ring (bicyclic) bond motifs is 1. The first-order chi connectivity index (χ1) is 7.58. The molecule has 0 spiro atoms. The molecule has 0 bridgehead atoms. The van der Waals surface area contributed by atoms with Gasteiger partial charge in [-0.2, -0.15) is 0 Å². The van der Waals surface area contributed by atoms with Gasteiger partial charge in [-0.05, 0) is 31.6 Å². The van der Waals surface area contributed by atoms with Crippen molar-refractivity contribution in [2.75, 3.05) is 7.11 Å². The molecule has 0 aromatic heterocycles. The second kappa shape index (κ2) is 4.04. The molecule has 2 atom stereocenters. The van der Waals surface area contributed by atoms with E-state index in [-0.39, 0.29) is 11.4 Å². The lowest BCUT2D eigenvalue weighted by molar-refractivity contribution is -0.138. The molecule has 0 unspecified atom stereocenters. The fraction of sp³-hybridized carbons (Fsp3) is 0.692. The summed E-state index contributed by atoms with van der Waals surface area (Å²) in [6.45, 7) is 2.01. The van der Waals surface area contributed by atoms with E-state index in [1.165, 1.54) is 7.11 Å². The summed E-state index contributed by atoms with van der Waals surface area (Å²) in [7, 11) is 1.39. The fourth-order valence-electron chi connectivity index (χ4n) is 3.00. The van der Waals surface area contributed by atoms with Gasteiger partial charge in [-0.15, -0.1) is 0 Å². The van der Waals surface area contributed by atoms with Gasteiger partial charge < -0.3 is 4.74 Å². The Morgan fingerprint density at radius 3 is 3.00 bits per heavy atom. The average molecular weight is 222 g/mol. The molecule has 0 saturated heterocycles. The Labute approximate surface area is 95.9 Å². The zero-order valence-corrected chi connectivity index (χ0v) is 9.91. The molecular weight excluding hydrogens is 204 g/mol. The van der Waals surface area contributed by atoms with Crippen LogP contribution in [0, 0.1) is 11.3 Å². The standard InChI is InChI=1S/C13H18O3/c1-13-8-9(12(15)16-2)6-7-10(13)4-3-5-11(13)14/h6,10H,3-5,7-8H2,1-2H3/t10-,13+/m1/s1. The van der Waals surface area contributed by atoms with E-state index in [1.54, 1.807) is 0 Å². The first-order valence-corrected chi connectivity index (χ1v) is 5.88. The Kier molecular flexibility index (Phi) is 2.87. The van der Waals surface area contributed by atoms with Gasteiger partial charge in [-0.25, -0.2) is 4.79 Å². The lowest BCUT2D eigenvalue weighted by Gasteiger charge is -2.42. The van der Waals surface area contributed by atoms with Crippen LogP contribution in [0.1, 0.15) is 39.0 Å². The van der Waals surface area contributed by atoms with Gasteiger partial charge in [0.1, 0.15) is 5.78 Å². The van der Waals surface area contributed by atoms with Crippen molar-refractivity contribution in [3.63, 3.8) is 0 Å². The van der Waals surface area contributed by atoms with Crippen LogP contribution >= 0.6 is 0 Å². The second-order valence-corrected chi connectivity index (χ2v) is 5.06. The third kappa shape index (κ3) is 1.68. The number of hydrogen-bond acceptors (Lipinski definition) is 3. The molecule has 0 aliphatic heterocycles. The normalized spacial score (nSPS) is 34.0. The van der Waals surface area contributed by atoms with Crippen LogP contribution in [0.2, 0.25) is 0 Å².